The summed E-state index contributed by atoms with van der Waals surface area (Å²) in [5.41, 5.74) is 7.36. The van der Waals surface area contributed by atoms with Crippen LogP contribution in [0, 0.1) is 29.1 Å². The first-order valence-corrected chi connectivity index (χ1v) is 11.9. The summed E-state index contributed by atoms with van der Waals surface area (Å²) in [7, 11) is 0. The first-order chi connectivity index (χ1) is 15.0. The summed E-state index contributed by atoms with van der Waals surface area (Å²) in [4.78, 5) is 14.2. The topological polar surface area (TPSA) is 96.1 Å². The van der Waals surface area contributed by atoms with Gasteiger partial charge >= 0.3 is 0 Å². The fourth-order valence-electron chi connectivity index (χ4n) is 5.50. The Balaban J connectivity index is 1.21. The molecule has 0 radical (unpaired) electrons. The van der Waals surface area contributed by atoms with Crippen molar-refractivity contribution in [2.45, 2.75) is 57.3 Å². The highest BCUT2D eigenvalue weighted by atomic mass is 35.5. The third-order valence-corrected chi connectivity index (χ3v) is 7.66. The van der Waals surface area contributed by atoms with Crippen LogP contribution in [-0.2, 0) is 4.79 Å². The van der Waals surface area contributed by atoms with Crippen molar-refractivity contribution in [2.75, 3.05) is 19.6 Å². The van der Waals surface area contributed by atoms with Gasteiger partial charge in [-0.3, -0.25) is 4.79 Å². The molecule has 1 amide bonds. The summed E-state index contributed by atoms with van der Waals surface area (Å²) in [6.45, 7) is 3.32. The lowest BCUT2D eigenvalue weighted by molar-refractivity contribution is -0.123. The van der Waals surface area contributed by atoms with E-state index >= 15 is 0 Å². The van der Waals surface area contributed by atoms with E-state index < -0.39 is 0 Å². The molecule has 1 saturated heterocycles. The lowest BCUT2D eigenvalue weighted by atomic mass is 9.74. The minimum absolute atomic E-state index is 0.257. The maximum atomic E-state index is 11.6. The molecule has 31 heavy (non-hydrogen) atoms. The second-order valence-corrected chi connectivity index (χ2v) is 9.70. The third kappa shape index (κ3) is 5.22. The highest BCUT2D eigenvalue weighted by Gasteiger charge is 2.31. The van der Waals surface area contributed by atoms with Gasteiger partial charge in [0, 0.05) is 28.8 Å². The number of primary amides is 1. The lowest BCUT2D eigenvalue weighted by Crippen LogP contribution is -2.35. The molecule has 1 aliphatic heterocycles. The number of piperidine rings is 1. The number of nitriles is 1. The molecule has 1 atom stereocenters. The quantitative estimate of drug-likeness (QED) is 0.659. The first kappa shape index (κ1) is 22.1. The number of aromatic nitrogens is 1. The minimum Gasteiger partial charge on any atom is -0.369 e. The molecule has 1 aromatic heterocycles. The molecule has 7 heteroatoms. The molecular formula is C24H31ClN4O2. The number of carbonyl (C=O) groups is 1. The average molecular weight is 443 g/mol. The predicted octanol–water partition coefficient (Wildman–Crippen LogP) is 4.87. The molecule has 1 saturated carbocycles. The number of rotatable bonds is 7. The zero-order valence-corrected chi connectivity index (χ0v) is 18.7. The highest BCUT2D eigenvalue weighted by molar-refractivity contribution is 6.31. The average Bonchev–Trinajstić information content (AvgIpc) is 3.19. The summed E-state index contributed by atoms with van der Waals surface area (Å²) in [5.74, 6) is 0.870. The van der Waals surface area contributed by atoms with E-state index in [1.165, 1.54) is 6.42 Å². The smallest absolute Gasteiger partial charge is 0.221 e. The molecule has 4 rings (SSSR count). The van der Waals surface area contributed by atoms with Gasteiger partial charge in [-0.2, -0.15) is 5.26 Å². The van der Waals surface area contributed by atoms with Gasteiger partial charge < -0.3 is 15.2 Å². The van der Waals surface area contributed by atoms with Crippen LogP contribution in [0.25, 0.3) is 11.0 Å². The zero-order chi connectivity index (χ0) is 21.8. The van der Waals surface area contributed by atoms with Crippen LogP contribution in [0.1, 0.15) is 63.0 Å². The van der Waals surface area contributed by atoms with Gasteiger partial charge in [-0.05, 0) is 75.7 Å². The second-order valence-electron chi connectivity index (χ2n) is 9.26. The standard InChI is InChI=1S/C24H31ClN4O2/c25-19-5-6-21-22(15-19)31-28-23(21)18-9-13-29(14-10-18)12-8-16-1-3-17(4-2-16)20(7-11-26)24(27)30/h5-6,15-18,20H,1-4,7-10,12-14H2,(H2,27,30). The van der Waals surface area contributed by atoms with E-state index in [2.05, 4.69) is 16.1 Å². The van der Waals surface area contributed by atoms with Crippen molar-refractivity contribution in [1.29, 1.82) is 5.26 Å². The Labute approximate surface area is 188 Å². The Hall–Kier alpha value is -2.10. The number of fused-ring (bicyclic) bond motifs is 1. The molecule has 2 heterocycles. The van der Waals surface area contributed by atoms with E-state index in [0.29, 0.717) is 16.9 Å². The zero-order valence-electron chi connectivity index (χ0n) is 17.9. The number of benzene rings is 1. The van der Waals surface area contributed by atoms with E-state index in [-0.39, 0.29) is 24.2 Å². The molecule has 2 aliphatic rings. The monoisotopic (exact) mass is 442 g/mol. The van der Waals surface area contributed by atoms with Gasteiger partial charge in [-0.15, -0.1) is 0 Å². The summed E-state index contributed by atoms with van der Waals surface area (Å²) in [5, 5.41) is 15.1. The number of halogens is 1. The van der Waals surface area contributed by atoms with Crippen molar-refractivity contribution in [3.63, 3.8) is 0 Å². The molecule has 2 N–H and O–H groups in total. The largest absolute Gasteiger partial charge is 0.369 e. The van der Waals surface area contributed by atoms with Crippen LogP contribution in [0.4, 0.5) is 0 Å². The van der Waals surface area contributed by atoms with Gasteiger partial charge in [0.05, 0.1) is 17.7 Å². The van der Waals surface area contributed by atoms with Gasteiger partial charge in [0.2, 0.25) is 5.91 Å². The van der Waals surface area contributed by atoms with Crippen molar-refractivity contribution in [2.24, 2.45) is 23.5 Å². The van der Waals surface area contributed by atoms with Crippen molar-refractivity contribution in [1.82, 2.24) is 10.1 Å². The molecule has 2 fully saturated rings. The van der Waals surface area contributed by atoms with E-state index in [9.17, 15) is 4.79 Å². The van der Waals surface area contributed by atoms with Crippen LogP contribution < -0.4 is 5.73 Å². The summed E-state index contributed by atoms with van der Waals surface area (Å²) in [6, 6.07) is 7.89. The Bertz CT molecular complexity index is 937. The summed E-state index contributed by atoms with van der Waals surface area (Å²) >= 11 is 6.06. The summed E-state index contributed by atoms with van der Waals surface area (Å²) in [6.07, 6.45) is 8.00. The Morgan fingerprint density at radius 1 is 1.26 bits per heavy atom. The van der Waals surface area contributed by atoms with Crippen LogP contribution in [0.3, 0.4) is 0 Å². The van der Waals surface area contributed by atoms with Crippen LogP contribution in [0.2, 0.25) is 5.02 Å². The molecule has 2 aromatic rings. The Morgan fingerprint density at radius 3 is 2.68 bits per heavy atom. The van der Waals surface area contributed by atoms with Gasteiger partial charge in [0.25, 0.3) is 0 Å². The van der Waals surface area contributed by atoms with Crippen molar-refractivity contribution in [3.8, 4) is 6.07 Å². The molecular weight excluding hydrogens is 412 g/mol. The molecule has 1 aromatic carbocycles. The predicted molar refractivity (Wildman–Crippen MR) is 120 cm³/mol. The van der Waals surface area contributed by atoms with Gasteiger partial charge in [-0.1, -0.05) is 29.6 Å². The van der Waals surface area contributed by atoms with E-state index in [0.717, 1.165) is 74.8 Å². The number of hydrogen-bond donors (Lipinski definition) is 1. The fraction of sp³-hybridized carbons (Fsp3) is 0.625. The molecule has 1 aliphatic carbocycles. The number of hydrogen-bond acceptors (Lipinski definition) is 5. The number of amides is 1. The number of nitrogens with zero attached hydrogens (tertiary/aromatic N) is 3. The van der Waals surface area contributed by atoms with Crippen molar-refractivity contribution < 1.29 is 9.32 Å². The maximum absolute atomic E-state index is 11.6. The van der Waals surface area contributed by atoms with Crippen LogP contribution in [-0.4, -0.2) is 35.6 Å². The van der Waals surface area contributed by atoms with E-state index in [1.54, 1.807) is 0 Å². The van der Waals surface area contributed by atoms with Crippen molar-refractivity contribution >= 4 is 28.5 Å². The molecule has 166 valence electrons. The maximum Gasteiger partial charge on any atom is 0.221 e. The van der Waals surface area contributed by atoms with Crippen LogP contribution in [0.5, 0.6) is 0 Å². The molecule has 0 spiro atoms. The van der Waals surface area contributed by atoms with Crippen LogP contribution in [0.15, 0.2) is 22.7 Å². The SMILES string of the molecule is N#CCC(C(N)=O)C1CCC(CCN2CCC(c3noc4cc(Cl)ccc34)CC2)CC1. The van der Waals surface area contributed by atoms with Gasteiger partial charge in [0.1, 0.15) is 0 Å². The number of carbonyl (C=O) groups excluding carboxylic acids is 1. The second kappa shape index (κ2) is 10.0. The number of likely N-dealkylation sites (tertiary alicyclic amines) is 1. The molecule has 0 bridgehead atoms. The normalized spacial score (nSPS) is 24.1. The minimum atomic E-state index is -0.309. The molecule has 1 unspecified atom stereocenters. The molecule has 6 nitrogen and oxygen atoms in total. The first-order valence-electron chi connectivity index (χ1n) is 11.5. The lowest BCUT2D eigenvalue weighted by Gasteiger charge is -2.35. The Kier molecular flexibility index (Phi) is 7.14. The highest BCUT2D eigenvalue weighted by Crippen LogP contribution is 2.37. The van der Waals surface area contributed by atoms with Crippen LogP contribution >= 0.6 is 11.6 Å². The summed E-state index contributed by atoms with van der Waals surface area (Å²) < 4.78 is 5.50. The third-order valence-electron chi connectivity index (χ3n) is 7.43. The van der Waals surface area contributed by atoms with Crippen molar-refractivity contribution in [3.05, 3.63) is 28.9 Å². The number of nitrogens with two attached hydrogens (primary N) is 1. The fourth-order valence-corrected chi connectivity index (χ4v) is 5.66. The van der Waals surface area contributed by atoms with Gasteiger partial charge in [-0.25, -0.2) is 0 Å². The van der Waals surface area contributed by atoms with Gasteiger partial charge in [0.15, 0.2) is 5.58 Å². The Morgan fingerprint density at radius 2 is 2.00 bits per heavy atom. The van der Waals surface area contributed by atoms with E-state index in [1.807, 2.05) is 18.2 Å². The van der Waals surface area contributed by atoms with E-state index in [4.69, 9.17) is 27.1 Å².